The maximum Gasteiger partial charge on any atom is 0.253 e. The smallest absolute Gasteiger partial charge is 0.253 e. The minimum Gasteiger partial charge on any atom is -0.486 e. The first kappa shape index (κ1) is 24.3. The van der Waals surface area contributed by atoms with Gasteiger partial charge in [-0.1, -0.05) is 12.1 Å². The van der Waals surface area contributed by atoms with Crippen molar-refractivity contribution in [3.63, 3.8) is 0 Å². The Morgan fingerprint density at radius 3 is 2.55 bits per heavy atom. The zero-order valence-electron chi connectivity index (χ0n) is 18.5. The summed E-state index contributed by atoms with van der Waals surface area (Å²) in [7, 11) is -2.26. The van der Waals surface area contributed by atoms with Gasteiger partial charge in [0.25, 0.3) is 5.91 Å². The molecule has 2 aromatic rings. The number of fused-ring (bicyclic) bond motifs is 1. The van der Waals surface area contributed by atoms with Gasteiger partial charge in [0, 0.05) is 19.7 Å². The van der Waals surface area contributed by atoms with Gasteiger partial charge in [-0.25, -0.2) is 8.42 Å². The number of nitrogens with one attached hydrogen (secondary N) is 2. The molecule has 178 valence electrons. The minimum atomic E-state index is -3.79. The summed E-state index contributed by atoms with van der Waals surface area (Å²) in [5.41, 5.74) is 0.807. The molecule has 33 heavy (non-hydrogen) atoms. The van der Waals surface area contributed by atoms with Crippen LogP contribution in [0.1, 0.15) is 17.3 Å². The zero-order chi connectivity index (χ0) is 23.8. The Kier molecular flexibility index (Phi) is 8.12. The van der Waals surface area contributed by atoms with Gasteiger partial charge in [0.2, 0.25) is 15.9 Å². The lowest BCUT2D eigenvalue weighted by atomic mass is 10.1. The Morgan fingerprint density at radius 1 is 1.09 bits per heavy atom. The number of carbonyl (C=O) groups excluding carboxylic acids is 2. The van der Waals surface area contributed by atoms with E-state index < -0.39 is 22.5 Å². The van der Waals surface area contributed by atoms with Gasteiger partial charge in [-0.2, -0.15) is 0 Å². The third kappa shape index (κ3) is 6.14. The molecule has 3 rings (SSSR count). The number of carbonyl (C=O) groups is 2. The van der Waals surface area contributed by atoms with E-state index >= 15 is 0 Å². The van der Waals surface area contributed by atoms with Crippen molar-refractivity contribution in [3.05, 3.63) is 48.0 Å². The maximum atomic E-state index is 12.9. The molecule has 0 bridgehead atoms. The van der Waals surface area contributed by atoms with E-state index in [9.17, 15) is 18.0 Å². The van der Waals surface area contributed by atoms with Gasteiger partial charge in [0.05, 0.1) is 29.3 Å². The Morgan fingerprint density at radius 2 is 1.82 bits per heavy atom. The first-order valence-corrected chi connectivity index (χ1v) is 12.0. The summed E-state index contributed by atoms with van der Waals surface area (Å²) >= 11 is 0. The first-order valence-electron chi connectivity index (χ1n) is 10.4. The molecule has 0 saturated carbocycles. The minimum absolute atomic E-state index is 0.201. The highest BCUT2D eigenvalue weighted by atomic mass is 32.2. The fraction of sp³-hybridized carbons (Fsp3) is 0.364. The van der Waals surface area contributed by atoms with Crippen LogP contribution in [0.15, 0.2) is 42.5 Å². The fourth-order valence-electron chi connectivity index (χ4n) is 3.17. The molecule has 10 nitrogen and oxygen atoms in total. The molecule has 0 aromatic heterocycles. The van der Waals surface area contributed by atoms with E-state index in [-0.39, 0.29) is 28.6 Å². The van der Waals surface area contributed by atoms with Gasteiger partial charge in [0.15, 0.2) is 11.5 Å². The number of hydrogen-bond donors (Lipinski definition) is 2. The zero-order valence-corrected chi connectivity index (χ0v) is 19.3. The van der Waals surface area contributed by atoms with Crippen molar-refractivity contribution in [2.75, 3.05) is 55.4 Å². The predicted molar refractivity (Wildman–Crippen MR) is 124 cm³/mol. The molecule has 1 aliphatic rings. The van der Waals surface area contributed by atoms with Gasteiger partial charge in [-0.15, -0.1) is 0 Å². The number of benzene rings is 2. The summed E-state index contributed by atoms with van der Waals surface area (Å²) in [6.07, 6.45) is 0. The van der Waals surface area contributed by atoms with Crippen LogP contribution in [-0.2, 0) is 19.6 Å². The van der Waals surface area contributed by atoms with E-state index in [1.54, 1.807) is 36.4 Å². The number of rotatable bonds is 10. The molecule has 2 aromatic carbocycles. The molecule has 11 heteroatoms. The molecule has 0 unspecified atom stereocenters. The Bertz CT molecular complexity index is 1100. The maximum absolute atomic E-state index is 12.9. The monoisotopic (exact) mass is 477 g/mol. The molecule has 0 aliphatic carbocycles. The van der Waals surface area contributed by atoms with Crippen molar-refractivity contribution in [2.45, 2.75) is 6.92 Å². The predicted octanol–water partition coefficient (Wildman–Crippen LogP) is 1.63. The highest BCUT2D eigenvalue weighted by molar-refractivity contribution is 7.92. The Labute approximate surface area is 192 Å². The van der Waals surface area contributed by atoms with Crippen LogP contribution in [0.2, 0.25) is 0 Å². The first-order chi connectivity index (χ1) is 15.9. The van der Waals surface area contributed by atoms with E-state index in [0.29, 0.717) is 37.9 Å². The van der Waals surface area contributed by atoms with Crippen LogP contribution in [0.5, 0.6) is 11.5 Å². The highest BCUT2D eigenvalue weighted by Gasteiger charge is 2.26. The molecule has 2 N–H and O–H groups in total. The summed E-state index contributed by atoms with van der Waals surface area (Å²) in [5.74, 6) is -0.259. The molecule has 0 fully saturated rings. The lowest BCUT2D eigenvalue weighted by Crippen LogP contribution is -2.39. The molecule has 0 radical (unpaired) electrons. The van der Waals surface area contributed by atoms with Crippen molar-refractivity contribution < 1.29 is 32.2 Å². The second-order valence-corrected chi connectivity index (χ2v) is 9.26. The molecule has 0 atom stereocenters. The summed E-state index contributed by atoms with van der Waals surface area (Å²) in [6.45, 7) is 2.43. The Hall–Kier alpha value is -3.31. The third-order valence-electron chi connectivity index (χ3n) is 4.84. The molecule has 2 amide bonds. The average molecular weight is 478 g/mol. The average Bonchev–Trinajstić information content (AvgIpc) is 2.82. The Balaban J connectivity index is 1.80. The van der Waals surface area contributed by atoms with Crippen LogP contribution in [0.3, 0.4) is 0 Å². The summed E-state index contributed by atoms with van der Waals surface area (Å²) in [5, 5.41) is 5.34. The molecule has 0 spiro atoms. The summed E-state index contributed by atoms with van der Waals surface area (Å²) in [6, 6.07) is 11.2. The van der Waals surface area contributed by atoms with Crippen LogP contribution in [-0.4, -0.2) is 66.0 Å². The number of anilines is 2. The second-order valence-electron chi connectivity index (χ2n) is 7.08. The molecule has 1 aliphatic heterocycles. The molecular formula is C22H27N3O7S. The number of nitrogens with zero attached hydrogens (tertiary/aromatic N) is 1. The highest BCUT2D eigenvalue weighted by Crippen LogP contribution is 2.34. The van der Waals surface area contributed by atoms with Crippen LogP contribution >= 0.6 is 0 Å². The fourth-order valence-corrected chi connectivity index (χ4v) is 4.23. The van der Waals surface area contributed by atoms with Gasteiger partial charge in [0.1, 0.15) is 19.8 Å². The van der Waals surface area contributed by atoms with Crippen molar-refractivity contribution in [1.29, 1.82) is 0 Å². The van der Waals surface area contributed by atoms with E-state index in [2.05, 4.69) is 10.6 Å². The van der Waals surface area contributed by atoms with Crippen molar-refractivity contribution >= 4 is 33.2 Å². The lowest BCUT2D eigenvalue weighted by molar-refractivity contribution is -0.114. The number of methoxy groups -OCH3 is 1. The quantitative estimate of drug-likeness (QED) is 0.499. The summed E-state index contributed by atoms with van der Waals surface area (Å²) < 4.78 is 42.5. The largest absolute Gasteiger partial charge is 0.486 e. The van der Waals surface area contributed by atoms with E-state index in [1.807, 2.05) is 0 Å². The van der Waals surface area contributed by atoms with Crippen molar-refractivity contribution in [3.8, 4) is 11.5 Å². The van der Waals surface area contributed by atoms with Crippen molar-refractivity contribution in [2.24, 2.45) is 0 Å². The van der Waals surface area contributed by atoms with Gasteiger partial charge in [-0.3, -0.25) is 13.9 Å². The molecule has 0 saturated heterocycles. The van der Waals surface area contributed by atoms with Gasteiger partial charge >= 0.3 is 0 Å². The van der Waals surface area contributed by atoms with E-state index in [1.165, 1.54) is 20.1 Å². The topological polar surface area (TPSA) is 123 Å². The molecule has 1 heterocycles. The normalized spacial score (nSPS) is 12.7. The SMILES string of the molecule is CCS(=O)(=O)N(CC(=O)Nc1ccccc1C(=O)NCCOC)c1ccc2c(c1)OCCO2. The third-order valence-corrected chi connectivity index (χ3v) is 6.58. The molecular weight excluding hydrogens is 450 g/mol. The standard InChI is InChI=1S/C22H27N3O7S/c1-3-33(28,29)25(16-8-9-19-20(14-16)32-13-12-31-19)15-21(26)24-18-7-5-4-6-17(18)22(27)23-10-11-30-2/h4-9,14H,3,10-13,15H2,1-2H3,(H,23,27)(H,24,26). The second kappa shape index (κ2) is 11.0. The number of para-hydroxylation sites is 1. The van der Waals surface area contributed by atoms with E-state index in [0.717, 1.165) is 4.31 Å². The summed E-state index contributed by atoms with van der Waals surface area (Å²) in [4.78, 5) is 25.3. The number of hydrogen-bond acceptors (Lipinski definition) is 7. The lowest BCUT2D eigenvalue weighted by Gasteiger charge is -2.26. The number of ether oxygens (including phenoxy) is 3. The van der Waals surface area contributed by atoms with Gasteiger partial charge < -0.3 is 24.8 Å². The van der Waals surface area contributed by atoms with Crippen LogP contribution in [0.25, 0.3) is 0 Å². The number of amides is 2. The van der Waals surface area contributed by atoms with Gasteiger partial charge in [-0.05, 0) is 31.2 Å². The van der Waals surface area contributed by atoms with E-state index in [4.69, 9.17) is 14.2 Å². The van der Waals surface area contributed by atoms with Crippen LogP contribution in [0, 0.1) is 0 Å². The van der Waals surface area contributed by atoms with Crippen molar-refractivity contribution in [1.82, 2.24) is 5.32 Å². The number of sulfonamides is 1. The van der Waals surface area contributed by atoms with Crippen LogP contribution < -0.4 is 24.4 Å². The van der Waals surface area contributed by atoms with Crippen LogP contribution in [0.4, 0.5) is 11.4 Å².